The predicted octanol–water partition coefficient (Wildman–Crippen LogP) is 2.21. The molecule has 0 bridgehead atoms. The van der Waals surface area contributed by atoms with Gasteiger partial charge in [-0.15, -0.1) is 11.3 Å². The number of nitriles is 1. The maximum Gasteiger partial charge on any atom is 0.321 e. The van der Waals surface area contributed by atoms with E-state index in [2.05, 4.69) is 31.3 Å². The van der Waals surface area contributed by atoms with Crippen LogP contribution in [0.5, 0.6) is 6.01 Å². The molecule has 4 fully saturated rings. The molecule has 5 atom stereocenters. The fraction of sp³-hybridized carbons (Fsp3) is 0.655. The molecule has 4 saturated heterocycles. The number of nitrogens with two attached hydrogens (primary N) is 1. The first kappa shape index (κ1) is 28.1. The molecule has 13 nitrogen and oxygen atoms in total. The van der Waals surface area contributed by atoms with Gasteiger partial charge in [0.25, 0.3) is 0 Å². The van der Waals surface area contributed by atoms with Crippen molar-refractivity contribution in [3.05, 3.63) is 21.9 Å². The van der Waals surface area contributed by atoms with Crippen LogP contribution in [0.15, 0.2) is 4.52 Å². The van der Waals surface area contributed by atoms with E-state index in [1.54, 1.807) is 0 Å². The van der Waals surface area contributed by atoms with Gasteiger partial charge in [-0.25, -0.2) is 4.39 Å². The number of nitrogen functional groups attached to an aromatic ring is 1. The van der Waals surface area contributed by atoms with Crippen molar-refractivity contribution in [1.29, 1.82) is 5.26 Å². The Kier molecular flexibility index (Phi) is 6.74. The summed E-state index contributed by atoms with van der Waals surface area (Å²) in [6, 6.07) is 2.50. The van der Waals surface area contributed by atoms with Crippen LogP contribution in [0, 0.1) is 11.3 Å². The lowest BCUT2D eigenvalue weighted by molar-refractivity contribution is 0.0342. The van der Waals surface area contributed by atoms with Gasteiger partial charge < -0.3 is 29.9 Å². The van der Waals surface area contributed by atoms with E-state index in [-0.39, 0.29) is 35.3 Å². The van der Waals surface area contributed by atoms with Gasteiger partial charge in [0, 0.05) is 43.0 Å². The molecule has 7 heterocycles. The number of anilines is 2. The van der Waals surface area contributed by atoms with Gasteiger partial charge in [0.1, 0.15) is 23.8 Å². The maximum absolute atomic E-state index is 14.4. The van der Waals surface area contributed by atoms with Gasteiger partial charge in [-0.05, 0) is 45.6 Å². The smallest absolute Gasteiger partial charge is 0.321 e. The molecule has 4 aliphatic heterocycles. The summed E-state index contributed by atoms with van der Waals surface area (Å²) in [6.45, 7) is 6.30. The number of fused-ring (bicyclic) bond motifs is 3. The van der Waals surface area contributed by atoms with E-state index in [9.17, 15) is 9.65 Å². The molecule has 0 aromatic carbocycles. The number of aromatic nitrogens is 5. The molecule has 15 heteroatoms. The summed E-state index contributed by atoms with van der Waals surface area (Å²) in [7, 11) is 0. The lowest BCUT2D eigenvalue weighted by Crippen LogP contribution is -2.51. The number of halogens is 1. The topological polar surface area (TPSA) is 164 Å². The number of ether oxygens (including phenoxy) is 2. The Balaban J connectivity index is 1.15. The number of aryl methyl sites for hydroxylation is 1. The molecule has 3 N–H and O–H groups in total. The largest absolute Gasteiger partial charge is 0.461 e. The third-order valence-electron chi connectivity index (χ3n) is 10.1. The summed E-state index contributed by atoms with van der Waals surface area (Å²) < 4.78 is 32.6. The minimum absolute atomic E-state index is 0.0313. The number of nitrogens with zero attached hydrogens (tertiary/aromatic N) is 8. The van der Waals surface area contributed by atoms with Crippen LogP contribution in [0.2, 0.25) is 0 Å². The van der Waals surface area contributed by atoms with Crippen molar-refractivity contribution in [1.82, 2.24) is 35.3 Å². The maximum atomic E-state index is 14.4. The van der Waals surface area contributed by atoms with Gasteiger partial charge in [-0.1, -0.05) is 5.16 Å². The molecule has 0 radical (unpaired) electrons. The highest BCUT2D eigenvalue weighted by molar-refractivity contribution is 7.16. The van der Waals surface area contributed by atoms with E-state index in [4.69, 9.17) is 34.7 Å². The standard InChI is InChI=1S/C29H35FN10O3S/c1-28(5-2-4-20-21(28)17(11-31)22(32)44-20)25-34-24(38-43-25)23-35-26(40-8-9-41-19-13-33-12-18(19)40)37-27(36-23)42-15-29-6-3-7-39(29)14-16(30)10-29/h16,18-19,33H,2-10,12-15,32H2,1H3/t16-,18-,19-,28+,29+/m1/s1. The first-order chi connectivity index (χ1) is 21.4. The van der Waals surface area contributed by atoms with Crippen LogP contribution < -0.4 is 20.7 Å². The Labute approximate surface area is 257 Å². The fourth-order valence-electron chi connectivity index (χ4n) is 7.97. The highest BCUT2D eigenvalue weighted by atomic mass is 32.1. The Morgan fingerprint density at radius 2 is 2.09 bits per heavy atom. The zero-order chi connectivity index (χ0) is 30.1. The van der Waals surface area contributed by atoms with Gasteiger partial charge in [-0.2, -0.15) is 25.2 Å². The summed E-state index contributed by atoms with van der Waals surface area (Å²) in [5.74, 6) is 1.29. The summed E-state index contributed by atoms with van der Waals surface area (Å²) >= 11 is 1.46. The number of alkyl halides is 1. The number of hydrogen-bond donors (Lipinski definition) is 2. The Bertz CT molecular complexity index is 1630. The first-order valence-corrected chi connectivity index (χ1v) is 16.2. The average molecular weight is 623 g/mol. The predicted molar refractivity (Wildman–Crippen MR) is 158 cm³/mol. The minimum Gasteiger partial charge on any atom is -0.461 e. The summed E-state index contributed by atoms with van der Waals surface area (Å²) in [6.07, 6.45) is 4.02. The molecule has 0 amide bonds. The van der Waals surface area contributed by atoms with Crippen LogP contribution in [-0.4, -0.2) is 99.8 Å². The zero-order valence-corrected chi connectivity index (χ0v) is 25.4. The SMILES string of the molecule is C[C@]1(c2nc(-c3nc(OC[C@@]45CCCN4C[C@H](F)C5)nc(N4CCO[C@@H]5CNC[C@H]54)n3)no2)CCCc2sc(N)c(C#N)c21. The molecule has 8 rings (SSSR count). The average Bonchev–Trinajstić information content (AvgIpc) is 3.84. The summed E-state index contributed by atoms with van der Waals surface area (Å²) in [5, 5.41) is 18.1. The fourth-order valence-corrected chi connectivity index (χ4v) is 9.16. The highest BCUT2D eigenvalue weighted by Gasteiger charge is 2.50. The van der Waals surface area contributed by atoms with Gasteiger partial charge in [0.15, 0.2) is 0 Å². The molecule has 1 aliphatic carbocycles. The quantitative estimate of drug-likeness (QED) is 0.412. The van der Waals surface area contributed by atoms with Crippen molar-refractivity contribution >= 4 is 22.3 Å². The number of thiophene rings is 1. The van der Waals surface area contributed by atoms with Crippen molar-refractivity contribution in [2.75, 3.05) is 56.6 Å². The van der Waals surface area contributed by atoms with Gasteiger partial charge in [0.2, 0.25) is 23.5 Å². The van der Waals surface area contributed by atoms with Crippen LogP contribution in [0.1, 0.15) is 60.9 Å². The molecule has 44 heavy (non-hydrogen) atoms. The normalized spacial score (nSPS) is 31.5. The molecule has 232 valence electrons. The van der Waals surface area contributed by atoms with Crippen LogP contribution in [0.4, 0.5) is 15.3 Å². The molecule has 0 unspecified atom stereocenters. The molecule has 5 aliphatic rings. The summed E-state index contributed by atoms with van der Waals surface area (Å²) in [5.41, 5.74) is 6.57. The Morgan fingerprint density at radius 3 is 2.98 bits per heavy atom. The Morgan fingerprint density at radius 1 is 1.18 bits per heavy atom. The molecular formula is C29H35FN10O3S. The van der Waals surface area contributed by atoms with Crippen molar-refractivity contribution < 1.29 is 18.4 Å². The lowest BCUT2D eigenvalue weighted by Gasteiger charge is -2.37. The molecule has 3 aromatic heterocycles. The zero-order valence-electron chi connectivity index (χ0n) is 24.6. The third kappa shape index (κ3) is 4.45. The molecule has 3 aromatic rings. The van der Waals surface area contributed by atoms with E-state index in [1.165, 1.54) is 11.3 Å². The molecule has 0 saturated carbocycles. The van der Waals surface area contributed by atoms with E-state index in [0.29, 0.717) is 55.1 Å². The van der Waals surface area contributed by atoms with Crippen molar-refractivity contribution in [2.24, 2.45) is 0 Å². The highest BCUT2D eigenvalue weighted by Crippen LogP contribution is 2.48. The van der Waals surface area contributed by atoms with E-state index in [0.717, 1.165) is 62.2 Å². The third-order valence-corrected chi connectivity index (χ3v) is 11.2. The van der Waals surface area contributed by atoms with E-state index in [1.807, 2.05) is 6.92 Å². The van der Waals surface area contributed by atoms with Crippen LogP contribution >= 0.6 is 11.3 Å². The van der Waals surface area contributed by atoms with Gasteiger partial charge >= 0.3 is 6.01 Å². The molecular weight excluding hydrogens is 587 g/mol. The molecule has 0 spiro atoms. The van der Waals surface area contributed by atoms with Crippen molar-refractivity contribution in [3.8, 4) is 23.7 Å². The van der Waals surface area contributed by atoms with Crippen molar-refractivity contribution in [2.45, 2.75) is 74.7 Å². The van der Waals surface area contributed by atoms with E-state index < -0.39 is 11.6 Å². The number of nitrogens with one attached hydrogen (secondary N) is 1. The monoisotopic (exact) mass is 622 g/mol. The van der Waals surface area contributed by atoms with Crippen LogP contribution in [-0.2, 0) is 16.6 Å². The number of morpholine rings is 1. The lowest BCUT2D eigenvalue weighted by atomic mass is 9.72. The van der Waals surface area contributed by atoms with Crippen LogP contribution in [0.3, 0.4) is 0 Å². The number of hydrogen-bond acceptors (Lipinski definition) is 14. The Hall–Kier alpha value is -3.45. The van der Waals surface area contributed by atoms with Crippen LogP contribution in [0.25, 0.3) is 11.6 Å². The first-order valence-electron chi connectivity index (χ1n) is 15.4. The second kappa shape index (κ2) is 10.6. The second-order valence-electron chi connectivity index (χ2n) is 12.8. The second-order valence-corrected chi connectivity index (χ2v) is 13.9. The van der Waals surface area contributed by atoms with Gasteiger partial charge in [-0.3, -0.25) is 4.90 Å². The van der Waals surface area contributed by atoms with E-state index >= 15 is 0 Å². The summed E-state index contributed by atoms with van der Waals surface area (Å²) in [4.78, 5) is 24.4. The number of rotatable bonds is 6. The van der Waals surface area contributed by atoms with Gasteiger partial charge in [0.05, 0.1) is 35.3 Å². The minimum atomic E-state index is -0.858. The van der Waals surface area contributed by atoms with Crippen molar-refractivity contribution in [3.63, 3.8) is 0 Å².